The van der Waals surface area contributed by atoms with Crippen LogP contribution in [0, 0.1) is 24.5 Å². The molecule has 1 amide bonds. The molecule has 1 saturated heterocycles. The molecule has 0 radical (unpaired) electrons. The molecule has 1 heterocycles. The molecule has 1 aromatic carbocycles. The summed E-state index contributed by atoms with van der Waals surface area (Å²) in [5.74, 6) is -1.24. The number of benzene rings is 1. The Hall–Kier alpha value is -1.16. The van der Waals surface area contributed by atoms with Gasteiger partial charge in [-0.3, -0.25) is 4.79 Å². The summed E-state index contributed by atoms with van der Waals surface area (Å²) >= 11 is 5.73. The Morgan fingerprint density at radius 2 is 2.20 bits per heavy atom. The number of hydrogen-bond donors (Lipinski definition) is 0. The number of piperidine rings is 1. The Balaban J connectivity index is 2.21. The highest BCUT2D eigenvalue weighted by atomic mass is 35.5. The van der Waals surface area contributed by atoms with Gasteiger partial charge >= 0.3 is 0 Å². The van der Waals surface area contributed by atoms with E-state index >= 15 is 0 Å². The Bertz CT molecular complexity index is 505. The summed E-state index contributed by atoms with van der Waals surface area (Å²) in [4.78, 5) is 13.9. The quantitative estimate of drug-likeness (QED) is 0.779. The lowest BCUT2D eigenvalue weighted by Gasteiger charge is -2.32. The smallest absolute Gasteiger partial charge is 0.259 e. The van der Waals surface area contributed by atoms with Crippen LogP contribution in [0.1, 0.15) is 35.2 Å². The number of rotatable bonds is 3. The lowest BCUT2D eigenvalue weighted by Crippen LogP contribution is -2.40. The Morgan fingerprint density at radius 1 is 1.45 bits per heavy atom. The first-order valence-electron chi connectivity index (χ1n) is 6.84. The first kappa shape index (κ1) is 15.2. The maximum atomic E-state index is 14.0. The van der Waals surface area contributed by atoms with Gasteiger partial charge < -0.3 is 4.90 Å². The first-order valence-corrected chi connectivity index (χ1v) is 7.38. The third-order valence-electron chi connectivity index (χ3n) is 3.82. The second kappa shape index (κ2) is 6.53. The minimum Gasteiger partial charge on any atom is -0.338 e. The third kappa shape index (κ3) is 3.11. The van der Waals surface area contributed by atoms with Gasteiger partial charge in [0.05, 0.1) is 0 Å². The maximum absolute atomic E-state index is 14.0. The fraction of sp³-hybridized carbons (Fsp3) is 0.533. The molecular weight excluding hydrogens is 284 g/mol. The fourth-order valence-electron chi connectivity index (χ4n) is 2.65. The molecule has 2 rings (SSSR count). The number of alkyl halides is 1. The van der Waals surface area contributed by atoms with Crippen LogP contribution in [0.25, 0.3) is 0 Å². The van der Waals surface area contributed by atoms with E-state index in [1.807, 2.05) is 0 Å². The third-order valence-corrected chi connectivity index (χ3v) is 4.04. The molecule has 1 fully saturated rings. The van der Waals surface area contributed by atoms with Crippen LogP contribution in [-0.4, -0.2) is 29.8 Å². The minimum atomic E-state index is -0.794. The van der Waals surface area contributed by atoms with Crippen molar-refractivity contribution >= 4 is 17.5 Å². The fourth-order valence-corrected chi connectivity index (χ4v) is 2.96. The number of aryl methyl sites for hydroxylation is 1. The molecule has 110 valence electrons. The molecule has 0 spiro atoms. The summed E-state index contributed by atoms with van der Waals surface area (Å²) in [7, 11) is 0. The standard InChI is InChI=1S/C15H18ClF2NO/c1-10-4-5-12(17)13(14(10)18)15(20)19-8-2-3-11(9-19)6-7-16/h4-5,11H,2-3,6-9H2,1H3. The van der Waals surface area contributed by atoms with Crippen LogP contribution in [0.3, 0.4) is 0 Å². The zero-order valence-electron chi connectivity index (χ0n) is 11.5. The SMILES string of the molecule is Cc1ccc(F)c(C(=O)N2CCCC(CCCl)C2)c1F. The van der Waals surface area contributed by atoms with Gasteiger partial charge in [-0.15, -0.1) is 11.6 Å². The highest BCUT2D eigenvalue weighted by Gasteiger charge is 2.28. The van der Waals surface area contributed by atoms with E-state index in [9.17, 15) is 13.6 Å². The summed E-state index contributed by atoms with van der Waals surface area (Å²) in [6, 6.07) is 2.49. The molecule has 0 bridgehead atoms. The number of nitrogens with zero attached hydrogens (tertiary/aromatic N) is 1. The molecule has 0 saturated carbocycles. The minimum absolute atomic E-state index is 0.282. The van der Waals surface area contributed by atoms with Crippen LogP contribution in [0.15, 0.2) is 12.1 Å². The average molecular weight is 302 g/mol. The van der Waals surface area contributed by atoms with Crippen LogP contribution < -0.4 is 0 Å². The zero-order valence-corrected chi connectivity index (χ0v) is 12.2. The van der Waals surface area contributed by atoms with E-state index < -0.39 is 23.1 Å². The van der Waals surface area contributed by atoms with Crippen molar-refractivity contribution in [1.29, 1.82) is 0 Å². The number of likely N-dealkylation sites (tertiary alicyclic amines) is 1. The van der Waals surface area contributed by atoms with Gasteiger partial charge in [0.15, 0.2) is 0 Å². The van der Waals surface area contributed by atoms with E-state index in [2.05, 4.69) is 0 Å². The molecule has 1 aromatic rings. The maximum Gasteiger partial charge on any atom is 0.259 e. The topological polar surface area (TPSA) is 20.3 Å². The average Bonchev–Trinajstić information content (AvgIpc) is 2.44. The molecular formula is C15H18ClF2NO. The Labute approximate surface area is 122 Å². The number of carbonyl (C=O) groups is 1. The molecule has 1 unspecified atom stereocenters. The lowest BCUT2D eigenvalue weighted by molar-refractivity contribution is 0.0661. The largest absolute Gasteiger partial charge is 0.338 e. The van der Waals surface area contributed by atoms with Gasteiger partial charge in [-0.1, -0.05) is 6.07 Å². The van der Waals surface area contributed by atoms with Gasteiger partial charge in [-0.25, -0.2) is 8.78 Å². The summed E-state index contributed by atoms with van der Waals surface area (Å²) in [5, 5.41) is 0. The predicted octanol–water partition coefficient (Wildman–Crippen LogP) is 3.75. The summed E-state index contributed by atoms with van der Waals surface area (Å²) in [6.45, 7) is 2.60. The number of amides is 1. The zero-order chi connectivity index (χ0) is 14.7. The van der Waals surface area contributed by atoms with Crippen LogP contribution >= 0.6 is 11.6 Å². The second-order valence-electron chi connectivity index (χ2n) is 5.29. The van der Waals surface area contributed by atoms with E-state index in [1.165, 1.54) is 13.0 Å². The van der Waals surface area contributed by atoms with Crippen molar-refractivity contribution in [3.63, 3.8) is 0 Å². The van der Waals surface area contributed by atoms with Crippen LogP contribution in [-0.2, 0) is 0 Å². The van der Waals surface area contributed by atoms with Crippen molar-refractivity contribution < 1.29 is 13.6 Å². The molecule has 1 atom stereocenters. The van der Waals surface area contributed by atoms with Crippen LogP contribution in [0.5, 0.6) is 0 Å². The molecule has 1 aliphatic heterocycles. The second-order valence-corrected chi connectivity index (χ2v) is 5.67. The van der Waals surface area contributed by atoms with Crippen molar-refractivity contribution in [2.24, 2.45) is 5.92 Å². The van der Waals surface area contributed by atoms with Gasteiger partial charge in [0.2, 0.25) is 0 Å². The van der Waals surface area contributed by atoms with Gasteiger partial charge in [0, 0.05) is 19.0 Å². The molecule has 2 nitrogen and oxygen atoms in total. The highest BCUT2D eigenvalue weighted by Crippen LogP contribution is 2.24. The highest BCUT2D eigenvalue weighted by molar-refractivity contribution is 6.17. The van der Waals surface area contributed by atoms with E-state index in [4.69, 9.17) is 11.6 Å². The summed E-state index contributed by atoms with van der Waals surface area (Å²) in [5.41, 5.74) is -0.152. The number of carbonyl (C=O) groups excluding carboxylic acids is 1. The molecule has 1 aliphatic rings. The normalized spacial score (nSPS) is 19.2. The van der Waals surface area contributed by atoms with Crippen molar-refractivity contribution in [2.45, 2.75) is 26.2 Å². The molecule has 0 N–H and O–H groups in total. The van der Waals surface area contributed by atoms with Gasteiger partial charge in [-0.2, -0.15) is 0 Å². The van der Waals surface area contributed by atoms with Gasteiger partial charge in [0.25, 0.3) is 5.91 Å². The van der Waals surface area contributed by atoms with Gasteiger partial charge in [-0.05, 0) is 43.7 Å². The van der Waals surface area contributed by atoms with Crippen molar-refractivity contribution in [3.05, 3.63) is 34.9 Å². The van der Waals surface area contributed by atoms with Crippen molar-refractivity contribution in [3.8, 4) is 0 Å². The van der Waals surface area contributed by atoms with Gasteiger partial charge in [0.1, 0.15) is 17.2 Å². The van der Waals surface area contributed by atoms with Crippen molar-refractivity contribution in [2.75, 3.05) is 19.0 Å². The van der Waals surface area contributed by atoms with Crippen LogP contribution in [0.4, 0.5) is 8.78 Å². The predicted molar refractivity (Wildman–Crippen MR) is 75.1 cm³/mol. The molecule has 20 heavy (non-hydrogen) atoms. The summed E-state index contributed by atoms with van der Waals surface area (Å²) < 4.78 is 27.8. The van der Waals surface area contributed by atoms with E-state index in [1.54, 1.807) is 4.90 Å². The van der Waals surface area contributed by atoms with Crippen LogP contribution in [0.2, 0.25) is 0 Å². The molecule has 0 aliphatic carbocycles. The Morgan fingerprint density at radius 3 is 2.90 bits per heavy atom. The van der Waals surface area contributed by atoms with E-state index in [0.717, 1.165) is 25.3 Å². The first-order chi connectivity index (χ1) is 9.54. The molecule has 5 heteroatoms. The van der Waals surface area contributed by atoms with E-state index in [0.29, 0.717) is 24.9 Å². The summed E-state index contributed by atoms with van der Waals surface area (Å²) in [6.07, 6.45) is 2.68. The lowest BCUT2D eigenvalue weighted by atomic mass is 9.95. The Kier molecular flexibility index (Phi) is 4.97. The molecule has 0 aromatic heterocycles. The van der Waals surface area contributed by atoms with Crippen molar-refractivity contribution in [1.82, 2.24) is 4.90 Å². The monoisotopic (exact) mass is 301 g/mol. The van der Waals surface area contributed by atoms with E-state index in [-0.39, 0.29) is 5.56 Å². The number of halogens is 3. The number of hydrogen-bond acceptors (Lipinski definition) is 1.